The quantitative estimate of drug-likeness (QED) is 0.845. The van der Waals surface area contributed by atoms with Crippen LogP contribution in [0.25, 0.3) is 0 Å². The lowest BCUT2D eigenvalue weighted by atomic mass is 10.1. The second-order valence-corrected chi connectivity index (χ2v) is 5.29. The maximum Gasteiger partial charge on any atom is 0.433 e. The molecule has 0 N–H and O–H groups in total. The molecule has 0 aliphatic carbocycles. The van der Waals surface area contributed by atoms with Crippen molar-refractivity contribution >= 4 is 5.82 Å². The third-order valence-electron chi connectivity index (χ3n) is 3.67. The van der Waals surface area contributed by atoms with Gasteiger partial charge in [0.15, 0.2) is 5.82 Å². The van der Waals surface area contributed by atoms with E-state index in [1.54, 1.807) is 11.8 Å². The highest BCUT2D eigenvalue weighted by molar-refractivity contribution is 5.55. The SMILES string of the molecule is Cc1noc([C@@H]2CCN(c3nc(C(F)(F)F)ccc3C#N)C2)n1. The van der Waals surface area contributed by atoms with Crippen LogP contribution in [0, 0.1) is 18.3 Å². The van der Waals surface area contributed by atoms with Crippen LogP contribution in [0.1, 0.15) is 35.3 Å². The fourth-order valence-electron chi connectivity index (χ4n) is 2.57. The van der Waals surface area contributed by atoms with Crippen LogP contribution in [0.5, 0.6) is 0 Å². The molecule has 0 bridgehead atoms. The molecule has 2 aromatic heterocycles. The summed E-state index contributed by atoms with van der Waals surface area (Å²) in [4.78, 5) is 9.44. The van der Waals surface area contributed by atoms with Gasteiger partial charge in [-0.3, -0.25) is 0 Å². The van der Waals surface area contributed by atoms with Gasteiger partial charge in [-0.2, -0.15) is 23.4 Å². The summed E-state index contributed by atoms with van der Waals surface area (Å²) in [5.41, 5.74) is -0.899. The lowest BCUT2D eigenvalue weighted by Gasteiger charge is -2.19. The molecule has 0 radical (unpaired) electrons. The van der Waals surface area contributed by atoms with Crippen molar-refractivity contribution in [3.63, 3.8) is 0 Å². The highest BCUT2D eigenvalue weighted by Crippen LogP contribution is 2.34. The van der Waals surface area contributed by atoms with Gasteiger partial charge in [0, 0.05) is 13.1 Å². The minimum atomic E-state index is -4.55. The number of hydrogen-bond donors (Lipinski definition) is 0. The first-order chi connectivity index (χ1) is 10.9. The Kier molecular flexibility index (Phi) is 3.67. The summed E-state index contributed by atoms with van der Waals surface area (Å²) in [6.45, 7) is 2.54. The van der Waals surface area contributed by atoms with Gasteiger partial charge in [0.05, 0.1) is 11.5 Å². The van der Waals surface area contributed by atoms with E-state index in [9.17, 15) is 13.2 Å². The van der Waals surface area contributed by atoms with E-state index in [1.807, 2.05) is 6.07 Å². The summed E-state index contributed by atoms with van der Waals surface area (Å²) < 4.78 is 43.6. The third-order valence-corrected chi connectivity index (χ3v) is 3.67. The zero-order valence-electron chi connectivity index (χ0n) is 12.1. The van der Waals surface area contributed by atoms with Crippen LogP contribution in [0.3, 0.4) is 0 Å². The van der Waals surface area contributed by atoms with Crippen LogP contribution in [0.2, 0.25) is 0 Å². The molecule has 0 saturated carbocycles. The highest BCUT2D eigenvalue weighted by Gasteiger charge is 2.35. The highest BCUT2D eigenvalue weighted by atomic mass is 19.4. The summed E-state index contributed by atoms with van der Waals surface area (Å²) in [6.07, 6.45) is -3.91. The first-order valence-electron chi connectivity index (χ1n) is 6.92. The van der Waals surface area contributed by atoms with Gasteiger partial charge in [-0.05, 0) is 25.5 Å². The number of pyridine rings is 1. The summed E-state index contributed by atoms with van der Waals surface area (Å²) in [6, 6.07) is 3.85. The summed E-state index contributed by atoms with van der Waals surface area (Å²) >= 11 is 0. The average molecular weight is 323 g/mol. The fraction of sp³-hybridized carbons (Fsp3) is 0.429. The normalized spacial score (nSPS) is 18.2. The molecule has 1 aliphatic rings. The lowest BCUT2D eigenvalue weighted by Crippen LogP contribution is -2.23. The Morgan fingerprint density at radius 1 is 1.35 bits per heavy atom. The average Bonchev–Trinajstić information content (AvgIpc) is 3.14. The zero-order valence-corrected chi connectivity index (χ0v) is 12.1. The van der Waals surface area contributed by atoms with E-state index >= 15 is 0 Å². The second-order valence-electron chi connectivity index (χ2n) is 5.29. The molecular weight excluding hydrogens is 311 g/mol. The molecule has 6 nitrogen and oxygen atoms in total. The predicted octanol–water partition coefficient (Wildman–Crippen LogP) is 2.66. The maximum atomic E-state index is 12.8. The largest absolute Gasteiger partial charge is 0.433 e. The smallest absolute Gasteiger partial charge is 0.355 e. The van der Waals surface area contributed by atoms with Gasteiger partial charge in [-0.25, -0.2) is 4.98 Å². The van der Waals surface area contributed by atoms with E-state index in [0.29, 0.717) is 31.2 Å². The Morgan fingerprint density at radius 2 is 2.13 bits per heavy atom. The molecule has 1 aliphatic heterocycles. The van der Waals surface area contributed by atoms with Crippen LogP contribution in [-0.2, 0) is 6.18 Å². The molecule has 3 heterocycles. The van der Waals surface area contributed by atoms with Gasteiger partial charge < -0.3 is 9.42 Å². The van der Waals surface area contributed by atoms with E-state index in [2.05, 4.69) is 15.1 Å². The van der Waals surface area contributed by atoms with Crippen molar-refractivity contribution in [1.82, 2.24) is 15.1 Å². The Bertz CT molecular complexity index is 765. The molecule has 1 fully saturated rings. The van der Waals surface area contributed by atoms with Gasteiger partial charge in [0.1, 0.15) is 17.6 Å². The molecule has 1 atom stereocenters. The van der Waals surface area contributed by atoms with Gasteiger partial charge in [0.25, 0.3) is 0 Å². The van der Waals surface area contributed by atoms with Gasteiger partial charge >= 0.3 is 6.18 Å². The number of aryl methyl sites for hydroxylation is 1. The molecule has 3 rings (SSSR count). The van der Waals surface area contributed by atoms with Crippen LogP contribution >= 0.6 is 0 Å². The first-order valence-corrected chi connectivity index (χ1v) is 6.92. The number of halogens is 3. The van der Waals surface area contributed by atoms with E-state index in [-0.39, 0.29) is 17.3 Å². The molecule has 0 amide bonds. The van der Waals surface area contributed by atoms with Crippen molar-refractivity contribution in [3.05, 3.63) is 35.1 Å². The minimum absolute atomic E-state index is 0.0427. The summed E-state index contributed by atoms with van der Waals surface area (Å²) in [5.74, 6) is 0.920. The van der Waals surface area contributed by atoms with Crippen LogP contribution in [0.4, 0.5) is 19.0 Å². The van der Waals surface area contributed by atoms with Crippen molar-refractivity contribution in [2.75, 3.05) is 18.0 Å². The van der Waals surface area contributed by atoms with Crippen molar-refractivity contribution < 1.29 is 17.7 Å². The minimum Gasteiger partial charge on any atom is -0.355 e. The van der Waals surface area contributed by atoms with Gasteiger partial charge in [-0.15, -0.1) is 0 Å². The number of alkyl halides is 3. The number of anilines is 1. The first kappa shape index (κ1) is 15.3. The van der Waals surface area contributed by atoms with E-state index < -0.39 is 11.9 Å². The molecule has 120 valence electrons. The number of aromatic nitrogens is 3. The molecule has 9 heteroatoms. The molecule has 0 aromatic carbocycles. The third kappa shape index (κ3) is 2.97. The van der Waals surface area contributed by atoms with Crippen LogP contribution < -0.4 is 4.90 Å². The van der Waals surface area contributed by atoms with E-state index in [0.717, 1.165) is 12.1 Å². The topological polar surface area (TPSA) is 78.8 Å². The summed E-state index contributed by atoms with van der Waals surface area (Å²) in [7, 11) is 0. The van der Waals surface area contributed by atoms with E-state index in [1.165, 1.54) is 0 Å². The van der Waals surface area contributed by atoms with Gasteiger partial charge in [0.2, 0.25) is 5.89 Å². The van der Waals surface area contributed by atoms with Crippen molar-refractivity contribution in [1.29, 1.82) is 5.26 Å². The van der Waals surface area contributed by atoms with E-state index in [4.69, 9.17) is 9.78 Å². The maximum absolute atomic E-state index is 12.8. The molecular formula is C14H12F3N5O. The monoisotopic (exact) mass is 323 g/mol. The van der Waals surface area contributed by atoms with Crippen molar-refractivity contribution in [2.24, 2.45) is 0 Å². The number of hydrogen-bond acceptors (Lipinski definition) is 6. The number of nitriles is 1. The number of nitrogens with zero attached hydrogens (tertiary/aromatic N) is 5. The Labute approximate surface area is 129 Å². The molecule has 23 heavy (non-hydrogen) atoms. The Balaban J connectivity index is 1.88. The van der Waals surface area contributed by atoms with Gasteiger partial charge in [-0.1, -0.05) is 5.16 Å². The standard InChI is InChI=1S/C14H12F3N5O/c1-8-19-13(23-21-8)10-4-5-22(7-10)12-9(6-18)2-3-11(20-12)14(15,16)17/h2-3,10H,4-5,7H2,1H3/t10-/m1/s1. The van der Waals surface area contributed by atoms with Crippen molar-refractivity contribution in [2.45, 2.75) is 25.4 Å². The molecule has 2 aromatic rings. The second kappa shape index (κ2) is 5.53. The predicted molar refractivity (Wildman–Crippen MR) is 72.6 cm³/mol. The van der Waals surface area contributed by atoms with Crippen molar-refractivity contribution in [3.8, 4) is 6.07 Å². The summed E-state index contributed by atoms with van der Waals surface area (Å²) in [5, 5.41) is 12.8. The van der Waals surface area contributed by atoms with Crippen LogP contribution in [-0.4, -0.2) is 28.2 Å². The fourth-order valence-corrected chi connectivity index (χ4v) is 2.57. The lowest BCUT2D eigenvalue weighted by molar-refractivity contribution is -0.141. The number of rotatable bonds is 2. The zero-order chi connectivity index (χ0) is 16.6. The molecule has 0 unspecified atom stereocenters. The Morgan fingerprint density at radius 3 is 2.74 bits per heavy atom. The Hall–Kier alpha value is -2.63. The molecule has 0 spiro atoms. The molecule has 1 saturated heterocycles. The van der Waals surface area contributed by atoms with Crippen LogP contribution in [0.15, 0.2) is 16.7 Å².